The van der Waals surface area contributed by atoms with Crippen LogP contribution >= 0.6 is 24.0 Å². The number of halogens is 2. The summed E-state index contributed by atoms with van der Waals surface area (Å²) in [5.74, 6) is 0.570. The van der Waals surface area contributed by atoms with Crippen LogP contribution < -0.4 is 10.6 Å². The van der Waals surface area contributed by atoms with Gasteiger partial charge >= 0.3 is 6.09 Å². The zero-order valence-corrected chi connectivity index (χ0v) is 18.4. The van der Waals surface area contributed by atoms with E-state index in [2.05, 4.69) is 15.6 Å². The van der Waals surface area contributed by atoms with E-state index in [0.717, 1.165) is 43.8 Å². The minimum atomic E-state index is -0.231. The molecule has 1 fully saturated rings. The van der Waals surface area contributed by atoms with Gasteiger partial charge in [0, 0.05) is 32.7 Å². The number of nitrogens with one attached hydrogen (secondary N) is 2. The number of piperidine rings is 1. The topological polar surface area (TPSA) is 66.0 Å². The van der Waals surface area contributed by atoms with Crippen LogP contribution in [0.5, 0.6) is 0 Å². The second kappa shape index (κ2) is 12.7. The number of nitrogens with zero attached hydrogens (tertiary/aromatic N) is 2. The van der Waals surface area contributed by atoms with Gasteiger partial charge in [0.1, 0.15) is 5.82 Å². The first kappa shape index (κ1) is 23.5. The largest absolute Gasteiger partial charge is 0.450 e. The van der Waals surface area contributed by atoms with Crippen LogP contribution in [0.25, 0.3) is 0 Å². The lowest BCUT2D eigenvalue weighted by Gasteiger charge is -2.32. The highest BCUT2D eigenvalue weighted by molar-refractivity contribution is 14.0. The third kappa shape index (κ3) is 8.32. The van der Waals surface area contributed by atoms with Crippen LogP contribution in [0.2, 0.25) is 0 Å². The van der Waals surface area contributed by atoms with Crippen molar-refractivity contribution in [2.24, 2.45) is 4.99 Å². The Morgan fingerprint density at radius 2 is 2.11 bits per heavy atom. The molecule has 1 aromatic rings. The molecule has 0 unspecified atom stereocenters. The maximum Gasteiger partial charge on any atom is 0.409 e. The molecule has 1 saturated heterocycles. The molecule has 1 aliphatic heterocycles. The second-order valence-electron chi connectivity index (χ2n) is 6.34. The van der Waals surface area contributed by atoms with Gasteiger partial charge in [-0.15, -0.1) is 24.0 Å². The van der Waals surface area contributed by atoms with Gasteiger partial charge in [0.25, 0.3) is 0 Å². The summed E-state index contributed by atoms with van der Waals surface area (Å²) in [4.78, 5) is 17.7. The van der Waals surface area contributed by atoms with Crippen molar-refractivity contribution < 1.29 is 13.9 Å². The summed E-state index contributed by atoms with van der Waals surface area (Å²) >= 11 is 0. The number of likely N-dealkylation sites (tertiary alicyclic amines) is 1. The van der Waals surface area contributed by atoms with Crippen molar-refractivity contribution in [2.75, 3.05) is 33.3 Å². The Bertz CT molecular complexity index is 607. The monoisotopic (exact) mass is 492 g/mol. The highest BCUT2D eigenvalue weighted by atomic mass is 127. The van der Waals surface area contributed by atoms with Crippen molar-refractivity contribution in [3.63, 3.8) is 0 Å². The van der Waals surface area contributed by atoms with Crippen molar-refractivity contribution in [1.82, 2.24) is 15.5 Å². The molecule has 152 valence electrons. The van der Waals surface area contributed by atoms with E-state index in [4.69, 9.17) is 4.74 Å². The summed E-state index contributed by atoms with van der Waals surface area (Å²) in [5, 5.41) is 6.70. The fourth-order valence-corrected chi connectivity index (χ4v) is 3.00. The lowest BCUT2D eigenvalue weighted by molar-refractivity contribution is 0.0963. The average molecular weight is 492 g/mol. The molecule has 0 atom stereocenters. The number of amides is 1. The molecule has 0 bridgehead atoms. The van der Waals surface area contributed by atoms with Gasteiger partial charge in [-0.2, -0.15) is 0 Å². The molecule has 1 heterocycles. The summed E-state index contributed by atoms with van der Waals surface area (Å²) in [6.07, 6.45) is 3.21. The number of hydrogen-bond acceptors (Lipinski definition) is 3. The van der Waals surface area contributed by atoms with Gasteiger partial charge in [-0.05, 0) is 50.3 Å². The van der Waals surface area contributed by atoms with E-state index in [9.17, 15) is 9.18 Å². The van der Waals surface area contributed by atoms with Crippen LogP contribution in [-0.4, -0.2) is 56.3 Å². The normalized spacial score (nSPS) is 15.1. The quantitative estimate of drug-likeness (QED) is 0.277. The smallest absolute Gasteiger partial charge is 0.409 e. The third-order valence-corrected chi connectivity index (χ3v) is 4.41. The standard InChI is InChI=1S/C19H29FN4O2.HI/c1-3-26-19(25)24-12-9-17(10-13-24)23-18(21-2)22-11-5-7-15-6-4-8-16(20)14-15;/h4,6,8,14,17H,3,5,7,9-13H2,1-2H3,(H2,21,22,23);1H. The average Bonchev–Trinajstić information content (AvgIpc) is 2.65. The SMILES string of the molecule is CCOC(=O)N1CCC(NC(=NC)NCCCc2cccc(F)c2)CC1.I. The minimum Gasteiger partial charge on any atom is -0.450 e. The van der Waals surface area contributed by atoms with Crippen LogP contribution in [0.4, 0.5) is 9.18 Å². The fraction of sp³-hybridized carbons (Fsp3) is 0.579. The number of ether oxygens (including phenoxy) is 1. The van der Waals surface area contributed by atoms with E-state index in [1.807, 2.05) is 13.0 Å². The van der Waals surface area contributed by atoms with E-state index in [0.29, 0.717) is 19.7 Å². The van der Waals surface area contributed by atoms with Gasteiger partial charge in [0.05, 0.1) is 6.61 Å². The third-order valence-electron chi connectivity index (χ3n) is 4.41. The number of carbonyl (C=O) groups is 1. The molecule has 1 amide bonds. The predicted octanol–water partition coefficient (Wildman–Crippen LogP) is 3.16. The van der Waals surface area contributed by atoms with E-state index in [1.165, 1.54) is 6.07 Å². The molecule has 6 nitrogen and oxygen atoms in total. The molecule has 2 rings (SSSR count). The predicted molar refractivity (Wildman–Crippen MR) is 116 cm³/mol. The first-order valence-corrected chi connectivity index (χ1v) is 9.25. The Morgan fingerprint density at radius 1 is 1.37 bits per heavy atom. The molecule has 0 radical (unpaired) electrons. The van der Waals surface area contributed by atoms with Gasteiger partial charge in [-0.1, -0.05) is 12.1 Å². The molecule has 8 heteroatoms. The van der Waals surface area contributed by atoms with Gasteiger partial charge in [-0.3, -0.25) is 4.99 Å². The number of aryl methyl sites for hydroxylation is 1. The molecule has 27 heavy (non-hydrogen) atoms. The van der Waals surface area contributed by atoms with Gasteiger partial charge in [0.2, 0.25) is 0 Å². The van der Waals surface area contributed by atoms with E-state index in [-0.39, 0.29) is 41.9 Å². The molecule has 0 aliphatic carbocycles. The van der Waals surface area contributed by atoms with Crippen molar-refractivity contribution in [1.29, 1.82) is 0 Å². The molecule has 1 aromatic carbocycles. The molecule has 1 aliphatic rings. The Morgan fingerprint density at radius 3 is 2.74 bits per heavy atom. The molecule has 0 saturated carbocycles. The lowest BCUT2D eigenvalue weighted by atomic mass is 10.1. The molecule has 0 spiro atoms. The first-order chi connectivity index (χ1) is 12.6. The summed E-state index contributed by atoms with van der Waals surface area (Å²) in [5.41, 5.74) is 1.00. The van der Waals surface area contributed by atoms with Crippen LogP contribution in [0.15, 0.2) is 29.3 Å². The van der Waals surface area contributed by atoms with Crippen molar-refractivity contribution in [3.8, 4) is 0 Å². The summed E-state index contributed by atoms with van der Waals surface area (Å²) in [6, 6.07) is 7.00. The van der Waals surface area contributed by atoms with E-state index in [1.54, 1.807) is 24.1 Å². The lowest BCUT2D eigenvalue weighted by Crippen LogP contribution is -2.50. The van der Waals surface area contributed by atoms with Crippen LogP contribution in [0, 0.1) is 5.82 Å². The number of carbonyl (C=O) groups excluding carboxylic acids is 1. The van der Waals surface area contributed by atoms with Gasteiger partial charge in [0.15, 0.2) is 5.96 Å². The van der Waals surface area contributed by atoms with Crippen molar-refractivity contribution in [2.45, 2.75) is 38.6 Å². The van der Waals surface area contributed by atoms with E-state index >= 15 is 0 Å². The Balaban J connectivity index is 0.00000364. The number of rotatable bonds is 6. The van der Waals surface area contributed by atoms with E-state index < -0.39 is 0 Å². The summed E-state index contributed by atoms with van der Waals surface area (Å²) in [7, 11) is 1.75. The molecule has 2 N–H and O–H groups in total. The molecular weight excluding hydrogens is 462 g/mol. The van der Waals surface area contributed by atoms with Crippen molar-refractivity contribution >= 4 is 36.0 Å². The Hall–Kier alpha value is -1.58. The number of benzene rings is 1. The molecule has 0 aromatic heterocycles. The van der Waals surface area contributed by atoms with Gasteiger partial charge in [-0.25, -0.2) is 9.18 Å². The minimum absolute atomic E-state index is 0. The maximum atomic E-state index is 13.2. The number of hydrogen-bond donors (Lipinski definition) is 2. The summed E-state index contributed by atoms with van der Waals surface area (Å²) < 4.78 is 18.2. The zero-order valence-electron chi connectivity index (χ0n) is 16.0. The Kier molecular flexibility index (Phi) is 11.1. The number of aliphatic imine (C=N–C) groups is 1. The van der Waals surface area contributed by atoms with Crippen LogP contribution in [0.3, 0.4) is 0 Å². The first-order valence-electron chi connectivity index (χ1n) is 9.25. The Labute approximate surface area is 178 Å². The molecular formula is C19H30FIN4O2. The highest BCUT2D eigenvalue weighted by Crippen LogP contribution is 2.11. The van der Waals surface area contributed by atoms with Crippen molar-refractivity contribution in [3.05, 3.63) is 35.6 Å². The zero-order chi connectivity index (χ0) is 18.8. The van der Waals surface area contributed by atoms with Gasteiger partial charge < -0.3 is 20.3 Å². The van der Waals surface area contributed by atoms with Crippen LogP contribution in [-0.2, 0) is 11.2 Å². The number of guanidine groups is 1. The summed E-state index contributed by atoms with van der Waals surface area (Å²) in [6.45, 7) is 4.36. The highest BCUT2D eigenvalue weighted by Gasteiger charge is 2.23. The maximum absolute atomic E-state index is 13.2. The second-order valence-corrected chi connectivity index (χ2v) is 6.34. The fourth-order valence-electron chi connectivity index (χ4n) is 3.00. The van der Waals surface area contributed by atoms with Crippen LogP contribution in [0.1, 0.15) is 31.7 Å².